The highest BCUT2D eigenvalue weighted by atomic mass is 32.1. The van der Waals surface area contributed by atoms with E-state index in [1.54, 1.807) is 11.5 Å². The van der Waals surface area contributed by atoms with E-state index in [0.717, 1.165) is 6.54 Å². The summed E-state index contributed by atoms with van der Waals surface area (Å²) in [5, 5.41) is 0. The Morgan fingerprint density at radius 3 is 2.67 bits per heavy atom. The molecule has 1 aromatic heterocycles. The van der Waals surface area contributed by atoms with Crippen molar-refractivity contribution >= 4 is 11.5 Å². The van der Waals surface area contributed by atoms with Gasteiger partial charge in [0.1, 0.15) is 0 Å². The number of hydrogen-bond donors (Lipinski definition) is 0. The number of hydrogen-bond acceptors (Lipinski definition) is 3. The van der Waals surface area contributed by atoms with E-state index in [-0.39, 0.29) is 0 Å². The number of piperidine rings is 1. The lowest BCUT2D eigenvalue weighted by molar-refractivity contribution is 0.219. The van der Waals surface area contributed by atoms with Crippen LogP contribution in [0.25, 0.3) is 0 Å². The molecule has 1 aromatic rings. The highest BCUT2D eigenvalue weighted by Crippen LogP contribution is 2.21. The third kappa shape index (κ3) is 3.02. The van der Waals surface area contributed by atoms with Gasteiger partial charge in [0.15, 0.2) is 0 Å². The van der Waals surface area contributed by atoms with Crippen LogP contribution in [0.1, 0.15) is 49.6 Å². The van der Waals surface area contributed by atoms with E-state index in [1.165, 1.54) is 42.9 Å². The van der Waals surface area contributed by atoms with Crippen LogP contribution in [0.3, 0.4) is 0 Å². The molecule has 0 aliphatic carbocycles. The Labute approximate surface area is 96.5 Å². The zero-order valence-corrected chi connectivity index (χ0v) is 10.5. The summed E-state index contributed by atoms with van der Waals surface area (Å²) in [4.78, 5) is 3.95. The van der Waals surface area contributed by atoms with Gasteiger partial charge in [0.05, 0.1) is 5.69 Å². The Morgan fingerprint density at radius 1 is 1.33 bits per heavy atom. The Hall–Kier alpha value is -0.410. The number of likely N-dealkylation sites (tertiary alicyclic amines) is 1. The van der Waals surface area contributed by atoms with Crippen LogP contribution in [0.5, 0.6) is 0 Å². The topological polar surface area (TPSA) is 16.1 Å². The summed E-state index contributed by atoms with van der Waals surface area (Å²) < 4.78 is 4.53. The molecule has 1 aliphatic heterocycles. The van der Waals surface area contributed by atoms with Gasteiger partial charge in [-0.3, -0.25) is 4.90 Å². The van der Waals surface area contributed by atoms with Gasteiger partial charge < -0.3 is 0 Å². The average Bonchev–Trinajstić information content (AvgIpc) is 2.68. The second-order valence-corrected chi connectivity index (χ2v) is 5.55. The Balaban J connectivity index is 1.91. The molecule has 0 amide bonds. The van der Waals surface area contributed by atoms with Crippen LogP contribution >= 0.6 is 11.5 Å². The van der Waals surface area contributed by atoms with Gasteiger partial charge in [-0.25, -0.2) is 0 Å². The summed E-state index contributed by atoms with van der Waals surface area (Å²) in [6.07, 6.45) is 4.13. The third-order valence-electron chi connectivity index (χ3n) is 2.98. The van der Waals surface area contributed by atoms with Crippen molar-refractivity contribution < 1.29 is 0 Å². The van der Waals surface area contributed by atoms with Crippen molar-refractivity contribution in [3.05, 3.63) is 16.6 Å². The fraction of sp³-hybridized carbons (Fsp3) is 0.750. The predicted octanol–water partition coefficient (Wildman–Crippen LogP) is 3.25. The second kappa shape index (κ2) is 5.08. The van der Waals surface area contributed by atoms with Crippen molar-refractivity contribution in [3.63, 3.8) is 0 Å². The van der Waals surface area contributed by atoms with Crippen molar-refractivity contribution in [1.29, 1.82) is 0 Å². The highest BCUT2D eigenvalue weighted by Gasteiger charge is 2.12. The largest absolute Gasteiger partial charge is 0.297 e. The van der Waals surface area contributed by atoms with E-state index in [4.69, 9.17) is 0 Å². The van der Waals surface area contributed by atoms with E-state index in [0.29, 0.717) is 5.92 Å². The molecule has 2 heterocycles. The molecule has 0 N–H and O–H groups in total. The maximum Gasteiger partial charge on any atom is 0.0685 e. The molecule has 0 spiro atoms. The molecule has 15 heavy (non-hydrogen) atoms. The zero-order chi connectivity index (χ0) is 10.7. The van der Waals surface area contributed by atoms with Gasteiger partial charge in [-0.1, -0.05) is 20.3 Å². The van der Waals surface area contributed by atoms with Crippen molar-refractivity contribution in [2.24, 2.45) is 0 Å². The fourth-order valence-electron chi connectivity index (χ4n) is 2.02. The van der Waals surface area contributed by atoms with E-state index in [9.17, 15) is 0 Å². The van der Waals surface area contributed by atoms with Crippen LogP contribution in [0.2, 0.25) is 0 Å². The summed E-state index contributed by atoms with van der Waals surface area (Å²) in [6.45, 7) is 8.04. The van der Waals surface area contributed by atoms with Crippen molar-refractivity contribution in [2.45, 2.75) is 45.6 Å². The molecule has 1 aliphatic rings. The van der Waals surface area contributed by atoms with Crippen LogP contribution in [0.15, 0.2) is 6.07 Å². The summed E-state index contributed by atoms with van der Waals surface area (Å²) in [5.74, 6) is 0.623. The molecular formula is C12H20N2S. The standard InChI is InChI=1S/C12H20N2S/c1-10(2)12-8-11(13-15-12)9-14-6-4-3-5-7-14/h8,10H,3-7,9H2,1-2H3. The molecule has 0 atom stereocenters. The molecule has 1 saturated heterocycles. The lowest BCUT2D eigenvalue weighted by atomic mass is 10.1. The van der Waals surface area contributed by atoms with Gasteiger partial charge >= 0.3 is 0 Å². The fourth-order valence-corrected chi connectivity index (χ4v) is 2.75. The normalized spacial score (nSPS) is 18.6. The smallest absolute Gasteiger partial charge is 0.0685 e. The first-order valence-corrected chi connectivity index (χ1v) is 6.71. The molecule has 0 unspecified atom stereocenters. The van der Waals surface area contributed by atoms with E-state index >= 15 is 0 Å². The molecule has 0 bridgehead atoms. The highest BCUT2D eigenvalue weighted by molar-refractivity contribution is 7.05. The summed E-state index contributed by atoms with van der Waals surface area (Å²) in [6, 6.07) is 2.28. The lowest BCUT2D eigenvalue weighted by Crippen LogP contribution is -2.29. The first-order valence-electron chi connectivity index (χ1n) is 5.93. The lowest BCUT2D eigenvalue weighted by Gasteiger charge is -2.25. The van der Waals surface area contributed by atoms with Crippen LogP contribution < -0.4 is 0 Å². The van der Waals surface area contributed by atoms with E-state index in [2.05, 4.69) is 29.2 Å². The first kappa shape index (κ1) is 11.1. The molecule has 0 saturated carbocycles. The summed E-state index contributed by atoms with van der Waals surface area (Å²) in [7, 11) is 0. The average molecular weight is 224 g/mol. The Kier molecular flexibility index (Phi) is 3.76. The van der Waals surface area contributed by atoms with E-state index < -0.39 is 0 Å². The van der Waals surface area contributed by atoms with E-state index in [1.807, 2.05) is 0 Å². The minimum Gasteiger partial charge on any atom is -0.297 e. The van der Waals surface area contributed by atoms with Gasteiger partial charge in [0, 0.05) is 11.4 Å². The zero-order valence-electron chi connectivity index (χ0n) is 9.70. The number of nitrogens with zero attached hydrogens (tertiary/aromatic N) is 2. The molecular weight excluding hydrogens is 204 g/mol. The molecule has 1 fully saturated rings. The maximum atomic E-state index is 4.53. The van der Waals surface area contributed by atoms with Crippen molar-refractivity contribution in [2.75, 3.05) is 13.1 Å². The molecule has 3 heteroatoms. The molecule has 0 radical (unpaired) electrons. The van der Waals surface area contributed by atoms with Crippen LogP contribution in [0.4, 0.5) is 0 Å². The molecule has 84 valence electrons. The van der Waals surface area contributed by atoms with Gasteiger partial charge in [0.2, 0.25) is 0 Å². The molecule has 2 rings (SSSR count). The van der Waals surface area contributed by atoms with Gasteiger partial charge in [0.25, 0.3) is 0 Å². The van der Waals surface area contributed by atoms with Gasteiger partial charge in [-0.15, -0.1) is 0 Å². The predicted molar refractivity (Wildman–Crippen MR) is 65.3 cm³/mol. The Bertz CT molecular complexity index is 300. The summed E-state index contributed by atoms with van der Waals surface area (Å²) in [5.41, 5.74) is 1.27. The van der Waals surface area contributed by atoms with Crippen LogP contribution in [-0.2, 0) is 6.54 Å². The molecule has 2 nitrogen and oxygen atoms in total. The second-order valence-electron chi connectivity index (χ2n) is 4.71. The minimum absolute atomic E-state index is 0.623. The minimum atomic E-state index is 0.623. The molecule has 0 aromatic carbocycles. The number of aromatic nitrogens is 1. The van der Waals surface area contributed by atoms with Gasteiger partial charge in [-0.2, -0.15) is 4.37 Å². The Morgan fingerprint density at radius 2 is 2.07 bits per heavy atom. The third-order valence-corrected chi connectivity index (χ3v) is 4.11. The SMILES string of the molecule is CC(C)c1cc(CN2CCCCC2)ns1. The monoisotopic (exact) mass is 224 g/mol. The maximum absolute atomic E-state index is 4.53. The quantitative estimate of drug-likeness (QED) is 0.783. The van der Waals surface area contributed by atoms with Crippen molar-refractivity contribution in [3.8, 4) is 0 Å². The first-order chi connectivity index (χ1) is 7.25. The van der Waals surface area contributed by atoms with Crippen molar-refractivity contribution in [1.82, 2.24) is 9.27 Å². The number of rotatable bonds is 3. The van der Waals surface area contributed by atoms with Gasteiger partial charge in [-0.05, 0) is 49.4 Å². The summed E-state index contributed by atoms with van der Waals surface area (Å²) >= 11 is 1.67. The van der Waals surface area contributed by atoms with Crippen LogP contribution in [0, 0.1) is 0 Å². The van der Waals surface area contributed by atoms with Crippen LogP contribution in [-0.4, -0.2) is 22.4 Å².